The van der Waals surface area contributed by atoms with Crippen LogP contribution in [0.3, 0.4) is 0 Å². The largest absolute Gasteiger partial charge is 1.00 e. The van der Waals surface area contributed by atoms with Crippen molar-refractivity contribution in [3.05, 3.63) is 59.4 Å². The number of amides is 1. The van der Waals surface area contributed by atoms with E-state index in [9.17, 15) is 14.7 Å². The molecule has 1 aliphatic carbocycles. The van der Waals surface area contributed by atoms with Crippen molar-refractivity contribution in [1.82, 2.24) is 14.8 Å². The van der Waals surface area contributed by atoms with E-state index in [-0.39, 0.29) is 55.0 Å². The van der Waals surface area contributed by atoms with Crippen LogP contribution in [-0.2, 0) is 22.6 Å². The zero-order valence-corrected chi connectivity index (χ0v) is 20.7. The molecule has 6 rings (SSSR count). The second-order valence-corrected chi connectivity index (χ2v) is 10.5. The molecule has 4 aliphatic rings. The van der Waals surface area contributed by atoms with Gasteiger partial charge in [0, 0.05) is 67.7 Å². The van der Waals surface area contributed by atoms with Crippen LogP contribution in [0.5, 0.6) is 5.75 Å². The number of carboxylic acid groups (broad SMARTS) is 1. The molecule has 1 saturated carbocycles. The maximum atomic E-state index is 12.4. The number of benzene rings is 1. The number of aromatic nitrogens is 1. The maximum Gasteiger partial charge on any atom is 1.00 e. The average Bonchev–Trinajstić information content (AvgIpc) is 3.21. The summed E-state index contributed by atoms with van der Waals surface area (Å²) in [5.74, 6) is -0.0977. The van der Waals surface area contributed by atoms with Gasteiger partial charge in [0.25, 0.3) is 0 Å². The fourth-order valence-corrected chi connectivity index (χ4v) is 6.52. The Morgan fingerprint density at radius 3 is 2.64 bits per heavy atom. The number of pyridine rings is 1. The first kappa shape index (κ1) is 25.1. The van der Waals surface area contributed by atoms with Crippen molar-refractivity contribution in [2.75, 3.05) is 19.6 Å². The van der Waals surface area contributed by atoms with Gasteiger partial charge in [-0.2, -0.15) is 0 Å². The van der Waals surface area contributed by atoms with Crippen molar-refractivity contribution in [3.8, 4) is 5.75 Å². The average molecular weight is 483 g/mol. The SMILES string of the molecule is O=C([O-])CC1CC[C@H]2c3c(OC4CC5(C4)CN(C(=O)OCc4ccccc4)C5)ccnc3CCN12.[Li+]. The van der Waals surface area contributed by atoms with Crippen LogP contribution in [0.2, 0.25) is 0 Å². The van der Waals surface area contributed by atoms with E-state index in [2.05, 4.69) is 9.88 Å². The normalized spacial score (nSPS) is 24.1. The van der Waals surface area contributed by atoms with E-state index in [1.165, 1.54) is 0 Å². The van der Waals surface area contributed by atoms with Crippen molar-refractivity contribution in [3.63, 3.8) is 0 Å². The Morgan fingerprint density at radius 1 is 1.11 bits per heavy atom. The van der Waals surface area contributed by atoms with Gasteiger partial charge >= 0.3 is 25.0 Å². The Morgan fingerprint density at radius 2 is 1.89 bits per heavy atom. The Kier molecular flexibility index (Phi) is 7.04. The summed E-state index contributed by atoms with van der Waals surface area (Å²) in [5.41, 5.74) is 3.34. The molecule has 1 amide bonds. The molecule has 184 valence electrons. The molecule has 0 bridgehead atoms. The first-order valence-electron chi connectivity index (χ1n) is 12.6. The molecule has 8 nitrogen and oxygen atoms in total. The minimum Gasteiger partial charge on any atom is -0.550 e. The van der Waals surface area contributed by atoms with E-state index in [1.807, 2.05) is 42.6 Å². The van der Waals surface area contributed by atoms with E-state index in [1.54, 1.807) is 4.90 Å². The number of likely N-dealkylation sites (tertiary alicyclic amines) is 1. The summed E-state index contributed by atoms with van der Waals surface area (Å²) in [6.07, 6.45) is 6.21. The van der Waals surface area contributed by atoms with Crippen LogP contribution in [0, 0.1) is 5.41 Å². The molecular formula is C27H30LiN3O5. The number of fused-ring (bicyclic) bond motifs is 3. The molecule has 1 unspecified atom stereocenters. The summed E-state index contributed by atoms with van der Waals surface area (Å²) >= 11 is 0. The number of rotatable bonds is 6. The van der Waals surface area contributed by atoms with Crippen LogP contribution >= 0.6 is 0 Å². The molecule has 9 heteroatoms. The van der Waals surface area contributed by atoms with E-state index in [0.29, 0.717) is 6.61 Å². The van der Waals surface area contributed by atoms with Crippen molar-refractivity contribution < 1.29 is 43.0 Å². The summed E-state index contributed by atoms with van der Waals surface area (Å²) in [6, 6.07) is 11.9. The van der Waals surface area contributed by atoms with Gasteiger partial charge in [0.15, 0.2) is 0 Å². The van der Waals surface area contributed by atoms with Gasteiger partial charge < -0.3 is 24.3 Å². The fourth-order valence-electron chi connectivity index (χ4n) is 6.52. The van der Waals surface area contributed by atoms with E-state index in [4.69, 9.17) is 9.47 Å². The van der Waals surface area contributed by atoms with Gasteiger partial charge in [-0.15, -0.1) is 0 Å². The molecule has 0 radical (unpaired) electrons. The number of carbonyl (C=O) groups is 2. The van der Waals surface area contributed by atoms with Crippen molar-refractivity contribution in [2.45, 2.75) is 63.3 Å². The van der Waals surface area contributed by atoms with Gasteiger partial charge in [-0.25, -0.2) is 4.79 Å². The van der Waals surface area contributed by atoms with Gasteiger partial charge in [0.1, 0.15) is 18.5 Å². The van der Waals surface area contributed by atoms with Gasteiger partial charge in [-0.05, 0) is 37.3 Å². The van der Waals surface area contributed by atoms with E-state index >= 15 is 0 Å². The Balaban J connectivity index is 0.00000267. The Bertz CT molecular complexity index is 1120. The van der Waals surface area contributed by atoms with Gasteiger partial charge in [0.05, 0.1) is 5.69 Å². The Hall–Kier alpha value is -2.53. The summed E-state index contributed by atoms with van der Waals surface area (Å²) in [5, 5.41) is 11.2. The molecule has 2 aromatic rings. The molecule has 2 atom stereocenters. The number of carbonyl (C=O) groups excluding carboxylic acids is 2. The number of nitrogens with zero attached hydrogens (tertiary/aromatic N) is 3. The fraction of sp³-hybridized carbons (Fsp3) is 0.519. The van der Waals surface area contributed by atoms with Gasteiger partial charge in [-0.1, -0.05) is 30.3 Å². The molecule has 3 aliphatic heterocycles. The summed E-state index contributed by atoms with van der Waals surface area (Å²) in [6.45, 7) is 2.56. The third-order valence-electron chi connectivity index (χ3n) is 8.15. The number of carboxylic acids is 1. The zero-order chi connectivity index (χ0) is 24.0. The van der Waals surface area contributed by atoms with Crippen LogP contribution in [0.4, 0.5) is 4.79 Å². The molecule has 36 heavy (non-hydrogen) atoms. The molecule has 3 fully saturated rings. The molecule has 1 spiro atoms. The zero-order valence-electron chi connectivity index (χ0n) is 20.7. The molecule has 0 N–H and O–H groups in total. The van der Waals surface area contributed by atoms with Crippen molar-refractivity contribution in [1.29, 1.82) is 0 Å². The smallest absolute Gasteiger partial charge is 0.550 e. The topological polar surface area (TPSA) is 95.0 Å². The first-order chi connectivity index (χ1) is 17.0. The predicted molar refractivity (Wildman–Crippen MR) is 124 cm³/mol. The molecule has 4 heterocycles. The van der Waals surface area contributed by atoms with Crippen molar-refractivity contribution >= 4 is 12.1 Å². The monoisotopic (exact) mass is 483 g/mol. The van der Waals surface area contributed by atoms with Crippen molar-refractivity contribution in [2.24, 2.45) is 5.41 Å². The van der Waals surface area contributed by atoms with E-state index < -0.39 is 5.97 Å². The first-order valence-corrected chi connectivity index (χ1v) is 12.6. The third-order valence-corrected chi connectivity index (χ3v) is 8.15. The standard InChI is InChI=1S/C27H31N3O5.Li/c31-24(32)12-19-6-7-22-25-21(9-11-30(19)22)28-10-8-23(25)35-20-13-27(14-20)16-29(17-27)26(33)34-15-18-4-2-1-3-5-18;/h1-5,8,10,19-20,22H,6-7,9,11-17H2,(H,31,32);/q;+1/p-1/t19?,22-;/m0./s1. The molecule has 2 saturated heterocycles. The predicted octanol–water partition coefficient (Wildman–Crippen LogP) is -0.533. The summed E-state index contributed by atoms with van der Waals surface area (Å²) in [4.78, 5) is 32.3. The minimum atomic E-state index is -0.984. The molecular weight excluding hydrogens is 453 g/mol. The van der Waals surface area contributed by atoms with Gasteiger partial charge in [-0.3, -0.25) is 9.88 Å². The van der Waals surface area contributed by atoms with Crippen LogP contribution in [0.25, 0.3) is 0 Å². The van der Waals surface area contributed by atoms with Crippen LogP contribution in [0.15, 0.2) is 42.6 Å². The van der Waals surface area contributed by atoms with Gasteiger partial charge in [0.2, 0.25) is 0 Å². The third kappa shape index (κ3) is 4.74. The van der Waals surface area contributed by atoms with Crippen LogP contribution < -0.4 is 28.7 Å². The molecule has 1 aromatic carbocycles. The summed E-state index contributed by atoms with van der Waals surface area (Å²) < 4.78 is 11.9. The van der Waals surface area contributed by atoms with Crippen LogP contribution in [0.1, 0.15) is 55.0 Å². The summed E-state index contributed by atoms with van der Waals surface area (Å²) in [7, 11) is 0. The maximum absolute atomic E-state index is 12.4. The second-order valence-electron chi connectivity index (χ2n) is 10.5. The number of hydrogen-bond acceptors (Lipinski definition) is 7. The minimum absolute atomic E-state index is 0. The number of hydrogen-bond donors (Lipinski definition) is 0. The number of aliphatic carboxylic acids is 1. The quantitative estimate of drug-likeness (QED) is 0.510. The second kappa shape index (κ2) is 10.1. The van der Waals surface area contributed by atoms with Crippen LogP contribution in [-0.4, -0.2) is 58.6 Å². The Labute approximate surface area is 223 Å². The molecule has 1 aromatic heterocycles. The van der Waals surface area contributed by atoms with E-state index in [0.717, 1.165) is 74.3 Å². The number of ether oxygens (including phenoxy) is 2.